The summed E-state index contributed by atoms with van der Waals surface area (Å²) in [6.07, 6.45) is 1.56. The smallest absolute Gasteiger partial charge is 0.260 e. The number of nitrogens with zero attached hydrogens (tertiary/aromatic N) is 2. The zero-order chi connectivity index (χ0) is 18.1. The molecule has 0 aliphatic carbocycles. The third kappa shape index (κ3) is 3.11. The van der Waals surface area contributed by atoms with Crippen molar-refractivity contribution in [3.05, 3.63) is 83.6 Å². The van der Waals surface area contributed by atoms with Gasteiger partial charge in [0.1, 0.15) is 17.1 Å². The maximum Gasteiger partial charge on any atom is 0.260 e. The van der Waals surface area contributed by atoms with Gasteiger partial charge in [0.25, 0.3) is 5.91 Å². The Morgan fingerprint density at radius 1 is 1.19 bits per heavy atom. The average molecular weight is 366 g/mol. The van der Waals surface area contributed by atoms with Crippen molar-refractivity contribution in [3.8, 4) is 0 Å². The van der Waals surface area contributed by atoms with E-state index >= 15 is 0 Å². The Bertz CT molecular complexity index is 1070. The highest BCUT2D eigenvalue weighted by Crippen LogP contribution is 2.32. The number of hydrogen-bond acceptors (Lipinski definition) is 4. The Kier molecular flexibility index (Phi) is 4.26. The van der Waals surface area contributed by atoms with Gasteiger partial charge in [0.2, 0.25) is 0 Å². The van der Waals surface area contributed by atoms with Crippen LogP contribution >= 0.6 is 11.3 Å². The molecule has 0 aliphatic rings. The van der Waals surface area contributed by atoms with Crippen LogP contribution in [0.1, 0.15) is 21.7 Å². The molecule has 0 atom stereocenters. The Morgan fingerprint density at radius 2 is 2.04 bits per heavy atom. The molecule has 0 saturated carbocycles. The van der Waals surface area contributed by atoms with Gasteiger partial charge >= 0.3 is 0 Å². The normalized spacial score (nSPS) is 11.0. The maximum absolute atomic E-state index is 14.0. The van der Waals surface area contributed by atoms with Gasteiger partial charge in [-0.25, -0.2) is 9.37 Å². The molecule has 0 aliphatic heterocycles. The molecule has 4 aromatic rings. The standard InChI is InChI=1S/C20H15FN2O2S/c1-13-5-2-6-14(11-13)19(24)23(12-15-7-4-10-25-15)20-22-18-16(21)8-3-9-17(18)26-20/h2-11H,12H2,1H3. The molecule has 6 heteroatoms. The number of amides is 1. The summed E-state index contributed by atoms with van der Waals surface area (Å²) in [5.74, 6) is 0.0289. The van der Waals surface area contributed by atoms with Gasteiger partial charge < -0.3 is 4.42 Å². The fraction of sp³-hybridized carbons (Fsp3) is 0.100. The second-order valence-electron chi connectivity index (χ2n) is 5.92. The van der Waals surface area contributed by atoms with Crippen molar-refractivity contribution in [3.63, 3.8) is 0 Å². The summed E-state index contributed by atoms with van der Waals surface area (Å²) >= 11 is 1.28. The van der Waals surface area contributed by atoms with E-state index in [0.717, 1.165) is 5.56 Å². The number of aromatic nitrogens is 1. The fourth-order valence-corrected chi connectivity index (χ4v) is 3.72. The highest BCUT2D eigenvalue weighted by atomic mass is 32.1. The number of furan rings is 1. The van der Waals surface area contributed by atoms with E-state index in [-0.39, 0.29) is 18.0 Å². The average Bonchev–Trinajstić information content (AvgIpc) is 3.29. The molecule has 2 aromatic carbocycles. The number of thiazole rings is 1. The molecular formula is C20H15FN2O2S. The van der Waals surface area contributed by atoms with Gasteiger partial charge in [0.05, 0.1) is 17.5 Å². The molecule has 4 rings (SSSR count). The third-order valence-electron chi connectivity index (χ3n) is 3.99. The van der Waals surface area contributed by atoms with Crippen molar-refractivity contribution in [2.75, 3.05) is 4.90 Å². The second-order valence-corrected chi connectivity index (χ2v) is 6.93. The molecule has 0 bridgehead atoms. The highest BCUT2D eigenvalue weighted by molar-refractivity contribution is 7.22. The SMILES string of the molecule is Cc1cccc(C(=O)N(Cc2ccco2)c2nc3c(F)cccc3s2)c1. The molecule has 1 amide bonds. The lowest BCUT2D eigenvalue weighted by Crippen LogP contribution is -2.30. The fourth-order valence-electron chi connectivity index (χ4n) is 2.74. The summed E-state index contributed by atoms with van der Waals surface area (Å²) in [6.45, 7) is 2.15. The van der Waals surface area contributed by atoms with E-state index in [1.807, 2.05) is 25.1 Å². The summed E-state index contributed by atoms with van der Waals surface area (Å²) in [6, 6.07) is 15.7. The predicted molar refractivity (Wildman–Crippen MR) is 100.0 cm³/mol. The molecule has 2 heterocycles. The van der Waals surface area contributed by atoms with Gasteiger partial charge in [-0.05, 0) is 43.3 Å². The first kappa shape index (κ1) is 16.5. The van der Waals surface area contributed by atoms with Crippen molar-refractivity contribution in [2.45, 2.75) is 13.5 Å². The zero-order valence-electron chi connectivity index (χ0n) is 14.0. The van der Waals surface area contributed by atoms with Crippen molar-refractivity contribution in [1.82, 2.24) is 4.98 Å². The predicted octanol–water partition coefficient (Wildman–Crippen LogP) is 5.18. The Hall–Kier alpha value is -2.99. The number of rotatable bonds is 4. The van der Waals surface area contributed by atoms with Crippen LogP contribution in [0.2, 0.25) is 0 Å². The monoisotopic (exact) mass is 366 g/mol. The van der Waals surface area contributed by atoms with Gasteiger partial charge in [-0.15, -0.1) is 0 Å². The van der Waals surface area contributed by atoms with Crippen LogP contribution in [0, 0.1) is 12.7 Å². The second kappa shape index (κ2) is 6.72. The van der Waals surface area contributed by atoms with Crippen LogP contribution in [-0.2, 0) is 6.54 Å². The largest absolute Gasteiger partial charge is 0.467 e. The van der Waals surface area contributed by atoms with Crippen molar-refractivity contribution in [1.29, 1.82) is 0 Å². The lowest BCUT2D eigenvalue weighted by atomic mass is 10.1. The zero-order valence-corrected chi connectivity index (χ0v) is 14.8. The minimum Gasteiger partial charge on any atom is -0.467 e. The first-order valence-corrected chi connectivity index (χ1v) is 8.89. The van der Waals surface area contributed by atoms with Crippen molar-refractivity contribution in [2.24, 2.45) is 0 Å². The number of hydrogen-bond donors (Lipinski definition) is 0. The van der Waals surface area contributed by atoms with Crippen molar-refractivity contribution < 1.29 is 13.6 Å². The van der Waals surface area contributed by atoms with E-state index < -0.39 is 5.82 Å². The van der Waals surface area contributed by atoms with Crippen LogP contribution in [0.4, 0.5) is 9.52 Å². The molecule has 4 nitrogen and oxygen atoms in total. The molecule has 0 spiro atoms. The number of anilines is 1. The van der Waals surface area contributed by atoms with Crippen LogP contribution in [0.25, 0.3) is 10.2 Å². The summed E-state index contributed by atoms with van der Waals surface area (Å²) in [5, 5.41) is 0.438. The Morgan fingerprint density at radius 3 is 2.77 bits per heavy atom. The number of carbonyl (C=O) groups is 1. The molecule has 0 fully saturated rings. The lowest BCUT2D eigenvalue weighted by Gasteiger charge is -2.19. The lowest BCUT2D eigenvalue weighted by molar-refractivity contribution is 0.0983. The molecule has 0 unspecified atom stereocenters. The quantitative estimate of drug-likeness (QED) is 0.500. The van der Waals surface area contributed by atoms with Gasteiger partial charge in [0.15, 0.2) is 5.13 Å². The van der Waals surface area contributed by atoms with E-state index in [1.165, 1.54) is 22.3 Å². The van der Waals surface area contributed by atoms with Gasteiger partial charge in [0, 0.05) is 5.56 Å². The summed E-state index contributed by atoms with van der Waals surface area (Å²) in [5.41, 5.74) is 1.81. The number of fused-ring (bicyclic) bond motifs is 1. The van der Waals surface area contributed by atoms with Crippen LogP contribution < -0.4 is 4.90 Å². The van der Waals surface area contributed by atoms with E-state index in [0.29, 0.717) is 21.2 Å². The molecule has 2 aromatic heterocycles. The number of halogens is 1. The van der Waals surface area contributed by atoms with E-state index in [4.69, 9.17) is 4.42 Å². The first-order chi connectivity index (χ1) is 12.6. The number of carbonyl (C=O) groups excluding carboxylic acids is 1. The van der Waals surface area contributed by atoms with Crippen molar-refractivity contribution >= 4 is 32.6 Å². The van der Waals surface area contributed by atoms with Gasteiger partial charge in [-0.2, -0.15) is 0 Å². The number of para-hydroxylation sites is 1. The maximum atomic E-state index is 14.0. The van der Waals surface area contributed by atoms with E-state index in [9.17, 15) is 9.18 Å². The Labute approximate surface area is 153 Å². The van der Waals surface area contributed by atoms with Crippen LogP contribution in [0.5, 0.6) is 0 Å². The van der Waals surface area contributed by atoms with Crippen LogP contribution in [-0.4, -0.2) is 10.9 Å². The molecule has 0 saturated heterocycles. The van der Waals surface area contributed by atoms with Crippen LogP contribution in [0.15, 0.2) is 65.3 Å². The third-order valence-corrected chi connectivity index (χ3v) is 5.04. The number of aryl methyl sites for hydroxylation is 1. The molecule has 0 radical (unpaired) electrons. The molecular weight excluding hydrogens is 351 g/mol. The topological polar surface area (TPSA) is 46.3 Å². The summed E-state index contributed by atoms with van der Waals surface area (Å²) in [7, 11) is 0. The summed E-state index contributed by atoms with van der Waals surface area (Å²) < 4.78 is 20.1. The molecule has 26 heavy (non-hydrogen) atoms. The van der Waals surface area contributed by atoms with Gasteiger partial charge in [-0.3, -0.25) is 9.69 Å². The highest BCUT2D eigenvalue weighted by Gasteiger charge is 2.23. The molecule has 0 N–H and O–H groups in total. The summed E-state index contributed by atoms with van der Waals surface area (Å²) in [4.78, 5) is 19.0. The minimum absolute atomic E-state index is 0.204. The number of benzene rings is 2. The molecule has 130 valence electrons. The first-order valence-electron chi connectivity index (χ1n) is 8.08. The Balaban J connectivity index is 1.79. The van der Waals surface area contributed by atoms with E-state index in [2.05, 4.69) is 4.98 Å². The van der Waals surface area contributed by atoms with Gasteiger partial charge in [-0.1, -0.05) is 35.1 Å². The minimum atomic E-state index is -0.397. The van der Waals surface area contributed by atoms with Crippen LogP contribution in [0.3, 0.4) is 0 Å². The van der Waals surface area contributed by atoms with E-state index in [1.54, 1.807) is 36.6 Å².